The van der Waals surface area contributed by atoms with Gasteiger partial charge in [0.05, 0.1) is 12.2 Å². The van der Waals surface area contributed by atoms with Crippen LogP contribution in [0, 0.1) is 0 Å². The number of hydrogen-bond donors (Lipinski definition) is 0. The fourth-order valence-electron chi connectivity index (χ4n) is 1.16. The van der Waals surface area contributed by atoms with Gasteiger partial charge in [0, 0.05) is 7.05 Å². The Balaban J connectivity index is 2.86. The third kappa shape index (κ3) is 2.03. The SMILES string of the molecule is CC(C)=CC1=C(C)N(C)CCO1. The Morgan fingerprint density at radius 1 is 1.50 bits per heavy atom. The van der Waals surface area contributed by atoms with Crippen LogP contribution in [0.5, 0.6) is 0 Å². The molecule has 0 amide bonds. The summed E-state index contributed by atoms with van der Waals surface area (Å²) < 4.78 is 5.53. The van der Waals surface area contributed by atoms with Crippen LogP contribution in [0.15, 0.2) is 23.1 Å². The minimum absolute atomic E-state index is 0.799. The lowest BCUT2D eigenvalue weighted by Crippen LogP contribution is -2.27. The van der Waals surface area contributed by atoms with Crippen molar-refractivity contribution < 1.29 is 4.74 Å². The van der Waals surface area contributed by atoms with Crippen LogP contribution in [0.4, 0.5) is 0 Å². The molecular formula is C10H17NO. The average molecular weight is 167 g/mol. The van der Waals surface area contributed by atoms with E-state index < -0.39 is 0 Å². The zero-order valence-corrected chi connectivity index (χ0v) is 8.35. The molecule has 0 aromatic carbocycles. The van der Waals surface area contributed by atoms with Crippen LogP contribution < -0.4 is 0 Å². The lowest BCUT2D eigenvalue weighted by molar-refractivity contribution is 0.152. The standard InChI is InChI=1S/C10H17NO/c1-8(2)7-10-9(3)11(4)5-6-12-10/h7H,5-6H2,1-4H3. The summed E-state index contributed by atoms with van der Waals surface area (Å²) in [5.74, 6) is 1.02. The molecule has 1 aliphatic heterocycles. The average Bonchev–Trinajstić information content (AvgIpc) is 1.98. The van der Waals surface area contributed by atoms with Gasteiger partial charge in [-0.3, -0.25) is 0 Å². The summed E-state index contributed by atoms with van der Waals surface area (Å²) in [5, 5.41) is 0. The first-order valence-corrected chi connectivity index (χ1v) is 4.31. The van der Waals surface area contributed by atoms with E-state index in [2.05, 4.69) is 38.8 Å². The van der Waals surface area contributed by atoms with Gasteiger partial charge in [0.2, 0.25) is 0 Å². The third-order valence-electron chi connectivity index (χ3n) is 2.03. The zero-order valence-electron chi connectivity index (χ0n) is 8.35. The highest BCUT2D eigenvalue weighted by molar-refractivity contribution is 5.22. The second kappa shape index (κ2) is 3.65. The maximum atomic E-state index is 5.53. The van der Waals surface area contributed by atoms with Gasteiger partial charge in [-0.25, -0.2) is 0 Å². The molecule has 1 rings (SSSR count). The second-order valence-electron chi connectivity index (χ2n) is 3.44. The van der Waals surface area contributed by atoms with Crippen molar-refractivity contribution in [2.75, 3.05) is 20.2 Å². The Morgan fingerprint density at radius 3 is 2.75 bits per heavy atom. The highest BCUT2D eigenvalue weighted by Gasteiger charge is 2.11. The predicted octanol–water partition coefficient (Wildman–Crippen LogP) is 2.15. The number of rotatable bonds is 1. The molecule has 0 aromatic heterocycles. The molecule has 0 atom stereocenters. The molecule has 1 heterocycles. The summed E-state index contributed by atoms with van der Waals surface area (Å²) in [4.78, 5) is 2.22. The summed E-state index contributed by atoms with van der Waals surface area (Å²) in [6.45, 7) is 8.04. The predicted molar refractivity (Wildman–Crippen MR) is 50.7 cm³/mol. The van der Waals surface area contributed by atoms with Crippen molar-refractivity contribution in [3.05, 3.63) is 23.1 Å². The van der Waals surface area contributed by atoms with Gasteiger partial charge in [0.15, 0.2) is 0 Å². The van der Waals surface area contributed by atoms with Crippen LogP contribution in [0.2, 0.25) is 0 Å². The lowest BCUT2D eigenvalue weighted by Gasteiger charge is -2.27. The van der Waals surface area contributed by atoms with Gasteiger partial charge in [-0.1, -0.05) is 5.57 Å². The van der Waals surface area contributed by atoms with Crippen molar-refractivity contribution in [2.45, 2.75) is 20.8 Å². The normalized spacial score (nSPS) is 17.5. The third-order valence-corrected chi connectivity index (χ3v) is 2.03. The Kier molecular flexibility index (Phi) is 2.79. The molecule has 68 valence electrons. The molecule has 12 heavy (non-hydrogen) atoms. The van der Waals surface area contributed by atoms with E-state index in [-0.39, 0.29) is 0 Å². The van der Waals surface area contributed by atoms with E-state index >= 15 is 0 Å². The summed E-state index contributed by atoms with van der Waals surface area (Å²) in [5.41, 5.74) is 2.50. The van der Waals surface area contributed by atoms with Gasteiger partial charge in [-0.2, -0.15) is 0 Å². The quantitative estimate of drug-likeness (QED) is 0.593. The molecule has 2 heteroatoms. The fraction of sp³-hybridized carbons (Fsp3) is 0.600. The van der Waals surface area contributed by atoms with E-state index in [9.17, 15) is 0 Å². The zero-order chi connectivity index (χ0) is 9.14. The lowest BCUT2D eigenvalue weighted by atomic mass is 10.2. The molecule has 0 aromatic rings. The van der Waals surface area contributed by atoms with E-state index in [0.717, 1.165) is 18.9 Å². The van der Waals surface area contributed by atoms with Crippen LogP contribution in [-0.4, -0.2) is 25.1 Å². The fourth-order valence-corrected chi connectivity index (χ4v) is 1.16. The highest BCUT2D eigenvalue weighted by atomic mass is 16.5. The molecule has 0 N–H and O–H groups in total. The Morgan fingerprint density at radius 2 is 2.17 bits per heavy atom. The number of hydrogen-bond acceptors (Lipinski definition) is 2. The molecular weight excluding hydrogens is 150 g/mol. The molecule has 0 spiro atoms. The number of likely N-dealkylation sites (N-methyl/N-ethyl adjacent to an activating group) is 1. The number of allylic oxidation sites excluding steroid dienone is 3. The van der Waals surface area contributed by atoms with Crippen molar-refractivity contribution in [1.82, 2.24) is 4.90 Å². The van der Waals surface area contributed by atoms with Gasteiger partial charge >= 0.3 is 0 Å². The van der Waals surface area contributed by atoms with Crippen molar-refractivity contribution in [2.24, 2.45) is 0 Å². The Bertz CT molecular complexity index is 224. The van der Waals surface area contributed by atoms with Crippen LogP contribution in [0.1, 0.15) is 20.8 Å². The molecule has 0 unspecified atom stereocenters. The Labute approximate surface area is 74.5 Å². The first-order chi connectivity index (χ1) is 5.61. The second-order valence-corrected chi connectivity index (χ2v) is 3.44. The molecule has 0 aliphatic carbocycles. The Hall–Kier alpha value is -0.920. The molecule has 0 saturated heterocycles. The number of nitrogens with zero attached hydrogens (tertiary/aromatic N) is 1. The van der Waals surface area contributed by atoms with Crippen molar-refractivity contribution >= 4 is 0 Å². The molecule has 1 aliphatic rings. The maximum absolute atomic E-state index is 5.53. The van der Waals surface area contributed by atoms with Gasteiger partial charge in [-0.15, -0.1) is 0 Å². The van der Waals surface area contributed by atoms with Crippen LogP contribution in [-0.2, 0) is 4.74 Å². The molecule has 0 fully saturated rings. The van der Waals surface area contributed by atoms with Gasteiger partial charge < -0.3 is 9.64 Å². The summed E-state index contributed by atoms with van der Waals surface area (Å²) in [7, 11) is 2.09. The van der Waals surface area contributed by atoms with Gasteiger partial charge in [0.25, 0.3) is 0 Å². The minimum atomic E-state index is 0.799. The van der Waals surface area contributed by atoms with Crippen molar-refractivity contribution in [3.63, 3.8) is 0 Å². The topological polar surface area (TPSA) is 12.5 Å². The molecule has 2 nitrogen and oxygen atoms in total. The first-order valence-electron chi connectivity index (χ1n) is 4.31. The summed E-state index contributed by atoms with van der Waals surface area (Å²) >= 11 is 0. The van der Waals surface area contributed by atoms with Crippen LogP contribution >= 0.6 is 0 Å². The van der Waals surface area contributed by atoms with Crippen LogP contribution in [0.25, 0.3) is 0 Å². The maximum Gasteiger partial charge on any atom is 0.138 e. The summed E-state index contributed by atoms with van der Waals surface area (Å²) in [6.07, 6.45) is 2.09. The minimum Gasteiger partial charge on any atom is -0.490 e. The first kappa shape index (κ1) is 9.17. The smallest absolute Gasteiger partial charge is 0.138 e. The van der Waals surface area contributed by atoms with E-state index in [0.29, 0.717) is 0 Å². The van der Waals surface area contributed by atoms with Crippen molar-refractivity contribution in [3.8, 4) is 0 Å². The van der Waals surface area contributed by atoms with Crippen LogP contribution in [0.3, 0.4) is 0 Å². The largest absolute Gasteiger partial charge is 0.490 e. The monoisotopic (exact) mass is 167 g/mol. The number of ether oxygens (including phenoxy) is 1. The molecule has 0 saturated carbocycles. The highest BCUT2D eigenvalue weighted by Crippen LogP contribution is 2.16. The van der Waals surface area contributed by atoms with E-state index in [4.69, 9.17) is 4.74 Å². The summed E-state index contributed by atoms with van der Waals surface area (Å²) in [6, 6.07) is 0. The van der Waals surface area contributed by atoms with E-state index in [1.54, 1.807) is 0 Å². The van der Waals surface area contributed by atoms with Gasteiger partial charge in [0.1, 0.15) is 12.4 Å². The van der Waals surface area contributed by atoms with Gasteiger partial charge in [-0.05, 0) is 26.8 Å². The molecule has 0 radical (unpaired) electrons. The van der Waals surface area contributed by atoms with E-state index in [1.807, 2.05) is 0 Å². The van der Waals surface area contributed by atoms with E-state index in [1.165, 1.54) is 11.3 Å². The molecule has 0 bridgehead atoms. The van der Waals surface area contributed by atoms with Crippen molar-refractivity contribution in [1.29, 1.82) is 0 Å².